The van der Waals surface area contributed by atoms with E-state index in [4.69, 9.17) is 9.26 Å². The lowest BCUT2D eigenvalue weighted by atomic mass is 10.2. The summed E-state index contributed by atoms with van der Waals surface area (Å²) in [6, 6.07) is 13.0. The molecule has 2 aromatic heterocycles. The molecule has 26 heavy (non-hydrogen) atoms. The normalized spacial score (nSPS) is 12.2. The second-order valence-electron chi connectivity index (χ2n) is 5.66. The fourth-order valence-corrected chi connectivity index (χ4v) is 2.24. The van der Waals surface area contributed by atoms with Gasteiger partial charge >= 0.3 is 5.97 Å². The largest absolute Gasteiger partial charge is 0.449 e. The zero-order valence-corrected chi connectivity index (χ0v) is 14.3. The highest BCUT2D eigenvalue weighted by atomic mass is 16.5. The third kappa shape index (κ3) is 4.32. The number of carbonyl (C=O) groups excluding carboxylic acids is 2. The van der Waals surface area contributed by atoms with Gasteiger partial charge in [-0.1, -0.05) is 29.4 Å². The second kappa shape index (κ2) is 7.60. The van der Waals surface area contributed by atoms with Crippen molar-refractivity contribution < 1.29 is 18.8 Å². The number of nitrogens with one attached hydrogen (secondary N) is 1. The maximum Gasteiger partial charge on any atom is 0.331 e. The van der Waals surface area contributed by atoms with Crippen LogP contribution in [0.25, 0.3) is 17.0 Å². The molecule has 3 rings (SSSR count). The summed E-state index contributed by atoms with van der Waals surface area (Å²) in [6.07, 6.45) is 1.79. The summed E-state index contributed by atoms with van der Waals surface area (Å²) in [5.41, 5.74) is 2.09. The van der Waals surface area contributed by atoms with Crippen LogP contribution in [-0.2, 0) is 14.3 Å². The maximum absolute atomic E-state index is 12.0. The van der Waals surface area contributed by atoms with Crippen LogP contribution in [0.5, 0.6) is 0 Å². The molecule has 132 valence electrons. The first-order chi connectivity index (χ1) is 12.5. The van der Waals surface area contributed by atoms with Crippen LogP contribution in [0.4, 0.5) is 5.88 Å². The van der Waals surface area contributed by atoms with E-state index in [0.717, 1.165) is 10.9 Å². The van der Waals surface area contributed by atoms with E-state index < -0.39 is 18.0 Å². The standard InChI is InChI=1S/C19H17N3O4/c1-12-11-17(26-22-12)21-19(24)13(2)25-18(23)10-9-15-8-7-14-5-3-4-6-16(14)20-15/h3-11,13H,1-2H3,(H,21,24)/b10-9+. The number of pyridine rings is 1. The van der Waals surface area contributed by atoms with Crippen LogP contribution < -0.4 is 5.32 Å². The summed E-state index contributed by atoms with van der Waals surface area (Å²) in [5, 5.41) is 7.15. The molecular weight excluding hydrogens is 334 g/mol. The van der Waals surface area contributed by atoms with Crippen LogP contribution in [0.1, 0.15) is 18.3 Å². The number of fused-ring (bicyclic) bond motifs is 1. The van der Waals surface area contributed by atoms with Crippen molar-refractivity contribution in [2.45, 2.75) is 20.0 Å². The molecule has 1 amide bonds. The minimum Gasteiger partial charge on any atom is -0.449 e. The molecule has 0 radical (unpaired) electrons. The van der Waals surface area contributed by atoms with Gasteiger partial charge in [-0.15, -0.1) is 0 Å². The van der Waals surface area contributed by atoms with Gasteiger partial charge in [-0.25, -0.2) is 9.78 Å². The second-order valence-corrected chi connectivity index (χ2v) is 5.66. The molecule has 0 aliphatic rings. The molecule has 7 nitrogen and oxygen atoms in total. The summed E-state index contributed by atoms with van der Waals surface area (Å²) >= 11 is 0. The van der Waals surface area contributed by atoms with Crippen molar-refractivity contribution in [1.29, 1.82) is 0 Å². The van der Waals surface area contributed by atoms with Gasteiger partial charge in [0.05, 0.1) is 16.9 Å². The highest BCUT2D eigenvalue weighted by molar-refractivity contribution is 5.95. The lowest BCUT2D eigenvalue weighted by Gasteiger charge is -2.10. The summed E-state index contributed by atoms with van der Waals surface area (Å²) in [6.45, 7) is 3.20. The number of anilines is 1. The zero-order valence-electron chi connectivity index (χ0n) is 14.3. The Bertz CT molecular complexity index is 978. The monoisotopic (exact) mass is 351 g/mol. The van der Waals surface area contributed by atoms with Gasteiger partial charge in [-0.3, -0.25) is 10.1 Å². The Morgan fingerprint density at radius 1 is 1.23 bits per heavy atom. The van der Waals surface area contributed by atoms with Crippen LogP contribution in [0.3, 0.4) is 0 Å². The average Bonchev–Trinajstić information content (AvgIpc) is 3.04. The Labute approximate surface area is 149 Å². The average molecular weight is 351 g/mol. The predicted octanol–water partition coefficient (Wildman–Crippen LogP) is 3.11. The molecular formula is C19H17N3O4. The third-order valence-electron chi connectivity index (χ3n) is 3.55. The van der Waals surface area contributed by atoms with Crippen molar-refractivity contribution in [2.24, 2.45) is 0 Å². The fraction of sp³-hybridized carbons (Fsp3) is 0.158. The van der Waals surface area contributed by atoms with E-state index in [-0.39, 0.29) is 5.88 Å². The van der Waals surface area contributed by atoms with Crippen LogP contribution in [-0.4, -0.2) is 28.1 Å². The Hall–Kier alpha value is -3.48. The van der Waals surface area contributed by atoms with E-state index in [1.165, 1.54) is 13.0 Å². The van der Waals surface area contributed by atoms with E-state index >= 15 is 0 Å². The molecule has 0 saturated heterocycles. The highest BCUT2D eigenvalue weighted by Crippen LogP contribution is 2.13. The minimum absolute atomic E-state index is 0.200. The van der Waals surface area contributed by atoms with Crippen molar-refractivity contribution in [3.8, 4) is 0 Å². The van der Waals surface area contributed by atoms with Crippen molar-refractivity contribution in [1.82, 2.24) is 10.1 Å². The van der Waals surface area contributed by atoms with Gasteiger partial charge in [-0.05, 0) is 32.1 Å². The summed E-state index contributed by atoms with van der Waals surface area (Å²) in [7, 11) is 0. The highest BCUT2D eigenvalue weighted by Gasteiger charge is 2.18. The van der Waals surface area contributed by atoms with E-state index in [9.17, 15) is 9.59 Å². The van der Waals surface area contributed by atoms with Crippen molar-refractivity contribution in [3.63, 3.8) is 0 Å². The van der Waals surface area contributed by atoms with E-state index in [2.05, 4.69) is 15.5 Å². The molecule has 1 atom stereocenters. The van der Waals surface area contributed by atoms with E-state index in [0.29, 0.717) is 11.4 Å². The Kier molecular flexibility index (Phi) is 5.07. The smallest absolute Gasteiger partial charge is 0.331 e. The van der Waals surface area contributed by atoms with Gasteiger partial charge in [0.25, 0.3) is 5.91 Å². The molecule has 0 bridgehead atoms. The Morgan fingerprint density at radius 3 is 2.81 bits per heavy atom. The number of ether oxygens (including phenoxy) is 1. The molecule has 1 aromatic carbocycles. The molecule has 0 saturated carbocycles. The topological polar surface area (TPSA) is 94.3 Å². The minimum atomic E-state index is -0.984. The van der Waals surface area contributed by atoms with Gasteiger partial charge in [0, 0.05) is 17.5 Å². The molecule has 1 unspecified atom stereocenters. The Morgan fingerprint density at radius 2 is 2.04 bits per heavy atom. The van der Waals surface area contributed by atoms with E-state index in [1.807, 2.05) is 30.3 Å². The van der Waals surface area contributed by atoms with Gasteiger partial charge in [0.1, 0.15) is 0 Å². The summed E-state index contributed by atoms with van der Waals surface area (Å²) < 4.78 is 9.96. The first-order valence-corrected chi connectivity index (χ1v) is 8.00. The van der Waals surface area contributed by atoms with E-state index in [1.54, 1.807) is 25.1 Å². The first kappa shape index (κ1) is 17.3. The fourth-order valence-electron chi connectivity index (χ4n) is 2.24. The number of nitrogens with zero attached hydrogens (tertiary/aromatic N) is 2. The van der Waals surface area contributed by atoms with Gasteiger partial charge in [0.15, 0.2) is 6.10 Å². The number of hydrogen-bond acceptors (Lipinski definition) is 6. The first-order valence-electron chi connectivity index (χ1n) is 8.00. The molecule has 0 spiro atoms. The molecule has 2 heterocycles. The molecule has 0 fully saturated rings. The number of para-hydroxylation sites is 1. The third-order valence-corrected chi connectivity index (χ3v) is 3.55. The van der Waals surface area contributed by atoms with Crippen LogP contribution in [0.15, 0.2) is 53.1 Å². The number of benzene rings is 1. The van der Waals surface area contributed by atoms with Crippen LogP contribution in [0, 0.1) is 6.92 Å². The number of rotatable bonds is 5. The molecule has 7 heteroatoms. The quantitative estimate of drug-likeness (QED) is 0.561. The number of carbonyl (C=O) groups is 2. The van der Waals surface area contributed by atoms with Gasteiger partial charge < -0.3 is 9.26 Å². The molecule has 0 aliphatic carbocycles. The zero-order chi connectivity index (χ0) is 18.5. The van der Waals surface area contributed by atoms with Gasteiger partial charge in [-0.2, -0.15) is 0 Å². The number of amides is 1. The lowest BCUT2D eigenvalue weighted by molar-refractivity contribution is -0.148. The van der Waals surface area contributed by atoms with Crippen LogP contribution >= 0.6 is 0 Å². The number of hydrogen-bond donors (Lipinski definition) is 1. The summed E-state index contributed by atoms with van der Waals surface area (Å²) in [4.78, 5) is 28.3. The Balaban J connectivity index is 1.58. The number of aryl methyl sites for hydroxylation is 1. The SMILES string of the molecule is Cc1cc(NC(=O)C(C)OC(=O)/C=C/c2ccc3ccccc3n2)on1. The number of aromatic nitrogens is 2. The lowest BCUT2D eigenvalue weighted by Crippen LogP contribution is -2.29. The summed E-state index contributed by atoms with van der Waals surface area (Å²) in [5.74, 6) is -0.950. The molecule has 0 aliphatic heterocycles. The predicted molar refractivity (Wildman–Crippen MR) is 96.2 cm³/mol. The van der Waals surface area contributed by atoms with Crippen LogP contribution in [0.2, 0.25) is 0 Å². The van der Waals surface area contributed by atoms with Gasteiger partial charge in [0.2, 0.25) is 5.88 Å². The van der Waals surface area contributed by atoms with Crippen molar-refractivity contribution >= 4 is 34.7 Å². The van der Waals surface area contributed by atoms with Crippen molar-refractivity contribution in [3.05, 3.63) is 59.9 Å². The molecule has 1 N–H and O–H groups in total. The number of esters is 1. The molecule has 3 aromatic rings. The van der Waals surface area contributed by atoms with Crippen molar-refractivity contribution in [2.75, 3.05) is 5.32 Å². The maximum atomic E-state index is 12.0.